The lowest BCUT2D eigenvalue weighted by Gasteiger charge is -2.17. The summed E-state index contributed by atoms with van der Waals surface area (Å²) in [6.45, 7) is 0. The van der Waals surface area contributed by atoms with E-state index in [1.165, 1.54) is 0 Å². The second kappa shape index (κ2) is 7.84. The van der Waals surface area contributed by atoms with E-state index < -0.39 is 0 Å². The second-order valence-electron chi connectivity index (χ2n) is 6.08. The Labute approximate surface area is 148 Å². The Morgan fingerprint density at radius 3 is 1.72 bits per heavy atom. The summed E-state index contributed by atoms with van der Waals surface area (Å²) in [6, 6.07) is 15.5. The van der Waals surface area contributed by atoms with Crippen molar-refractivity contribution in [2.45, 2.75) is 19.3 Å². The van der Waals surface area contributed by atoms with Gasteiger partial charge in [0.15, 0.2) is 5.78 Å². The van der Waals surface area contributed by atoms with Crippen molar-refractivity contribution in [1.82, 2.24) is 0 Å². The first kappa shape index (κ1) is 17.0. The Morgan fingerprint density at radius 1 is 0.800 bits per heavy atom. The van der Waals surface area contributed by atoms with Crippen LogP contribution in [0.3, 0.4) is 0 Å². The lowest BCUT2D eigenvalue weighted by Crippen LogP contribution is -2.12. The molecule has 0 N–H and O–H groups in total. The minimum Gasteiger partial charge on any atom is -0.497 e. The highest BCUT2D eigenvalue weighted by molar-refractivity contribution is 6.14. The minimum absolute atomic E-state index is 0.136. The number of ketones is 1. The van der Waals surface area contributed by atoms with Crippen LogP contribution in [0, 0.1) is 0 Å². The third-order valence-electron chi connectivity index (χ3n) is 4.34. The zero-order valence-electron chi connectivity index (χ0n) is 14.6. The summed E-state index contributed by atoms with van der Waals surface area (Å²) in [7, 11) is 3.29. The summed E-state index contributed by atoms with van der Waals surface area (Å²) in [5, 5.41) is 0. The summed E-state index contributed by atoms with van der Waals surface area (Å²) in [5.41, 5.74) is 3.69. The number of benzene rings is 2. The van der Waals surface area contributed by atoms with Crippen LogP contribution in [0.25, 0.3) is 12.2 Å². The van der Waals surface area contributed by atoms with Crippen LogP contribution in [0.1, 0.15) is 30.4 Å². The van der Waals surface area contributed by atoms with Crippen LogP contribution >= 0.6 is 0 Å². The first-order valence-electron chi connectivity index (χ1n) is 8.43. The quantitative estimate of drug-likeness (QED) is 0.744. The molecule has 3 nitrogen and oxygen atoms in total. The summed E-state index contributed by atoms with van der Waals surface area (Å²) < 4.78 is 10.5. The van der Waals surface area contributed by atoms with Gasteiger partial charge >= 0.3 is 0 Å². The van der Waals surface area contributed by atoms with E-state index in [4.69, 9.17) is 9.47 Å². The van der Waals surface area contributed by atoms with E-state index >= 15 is 0 Å². The van der Waals surface area contributed by atoms with Gasteiger partial charge in [-0.25, -0.2) is 0 Å². The Bertz CT molecular complexity index is 763. The van der Waals surface area contributed by atoms with Crippen LogP contribution < -0.4 is 9.47 Å². The zero-order valence-corrected chi connectivity index (χ0v) is 14.6. The van der Waals surface area contributed by atoms with Gasteiger partial charge in [-0.2, -0.15) is 0 Å². The van der Waals surface area contributed by atoms with Crippen LogP contribution in [0.4, 0.5) is 0 Å². The average Bonchev–Trinajstić information content (AvgIpc) is 2.65. The molecule has 1 aliphatic rings. The van der Waals surface area contributed by atoms with Crippen LogP contribution in [-0.4, -0.2) is 20.0 Å². The van der Waals surface area contributed by atoms with Crippen molar-refractivity contribution in [3.63, 3.8) is 0 Å². The predicted molar refractivity (Wildman–Crippen MR) is 101 cm³/mol. The molecule has 0 heterocycles. The van der Waals surface area contributed by atoms with Gasteiger partial charge in [-0.3, -0.25) is 4.79 Å². The molecule has 0 aliphatic heterocycles. The SMILES string of the molecule is COc1cccc(/C=C2\CCC/C(=C\c3cccc(OC)c3)C2=O)c1. The molecule has 3 rings (SSSR count). The highest BCUT2D eigenvalue weighted by atomic mass is 16.5. The third-order valence-corrected chi connectivity index (χ3v) is 4.34. The zero-order chi connectivity index (χ0) is 17.6. The smallest absolute Gasteiger partial charge is 0.185 e. The number of ether oxygens (including phenoxy) is 2. The van der Waals surface area contributed by atoms with Crippen molar-refractivity contribution in [1.29, 1.82) is 0 Å². The van der Waals surface area contributed by atoms with Crippen LogP contribution in [0.15, 0.2) is 59.7 Å². The maximum absolute atomic E-state index is 12.8. The largest absolute Gasteiger partial charge is 0.497 e. The molecule has 0 spiro atoms. The Kier molecular flexibility index (Phi) is 5.34. The molecule has 128 valence electrons. The van der Waals surface area contributed by atoms with Crippen molar-refractivity contribution in [2.24, 2.45) is 0 Å². The molecule has 0 atom stereocenters. The van der Waals surface area contributed by atoms with Gasteiger partial charge < -0.3 is 9.47 Å². The topological polar surface area (TPSA) is 35.5 Å². The molecule has 3 heteroatoms. The Hall–Kier alpha value is -2.81. The fourth-order valence-corrected chi connectivity index (χ4v) is 3.04. The third kappa shape index (κ3) is 4.18. The number of allylic oxidation sites excluding steroid dienone is 2. The molecule has 2 aromatic rings. The number of Topliss-reactive ketones (excluding diaryl/α,β-unsaturated/α-hetero) is 1. The molecule has 0 bridgehead atoms. The van der Waals surface area contributed by atoms with Crippen molar-refractivity contribution in [2.75, 3.05) is 14.2 Å². The van der Waals surface area contributed by atoms with E-state index in [0.717, 1.165) is 53.0 Å². The number of hydrogen-bond donors (Lipinski definition) is 0. The summed E-state index contributed by atoms with van der Waals surface area (Å²) in [6.07, 6.45) is 6.56. The minimum atomic E-state index is 0.136. The van der Waals surface area contributed by atoms with E-state index in [0.29, 0.717) is 0 Å². The molecular formula is C22H22O3. The Morgan fingerprint density at radius 2 is 1.28 bits per heavy atom. The number of hydrogen-bond acceptors (Lipinski definition) is 3. The number of methoxy groups -OCH3 is 2. The van der Waals surface area contributed by atoms with Crippen molar-refractivity contribution >= 4 is 17.9 Å². The van der Waals surface area contributed by atoms with Gasteiger partial charge in [-0.15, -0.1) is 0 Å². The molecule has 0 unspecified atom stereocenters. The van der Waals surface area contributed by atoms with E-state index in [1.54, 1.807) is 14.2 Å². The van der Waals surface area contributed by atoms with Crippen molar-refractivity contribution in [3.8, 4) is 11.5 Å². The fourth-order valence-electron chi connectivity index (χ4n) is 3.04. The maximum atomic E-state index is 12.8. The van der Waals surface area contributed by atoms with Gasteiger partial charge in [0.2, 0.25) is 0 Å². The van der Waals surface area contributed by atoms with Crippen LogP contribution in [0.2, 0.25) is 0 Å². The van der Waals surface area contributed by atoms with Crippen molar-refractivity contribution in [3.05, 3.63) is 70.8 Å². The number of rotatable bonds is 4. The summed E-state index contributed by atoms with van der Waals surface area (Å²) in [4.78, 5) is 12.8. The van der Waals surface area contributed by atoms with E-state index in [2.05, 4.69) is 0 Å². The highest BCUT2D eigenvalue weighted by Gasteiger charge is 2.20. The molecule has 1 saturated carbocycles. The van der Waals surface area contributed by atoms with E-state index in [1.807, 2.05) is 60.7 Å². The normalized spacial score (nSPS) is 17.8. The summed E-state index contributed by atoms with van der Waals surface area (Å²) in [5.74, 6) is 1.73. The molecule has 0 aromatic heterocycles. The molecular weight excluding hydrogens is 312 g/mol. The average molecular weight is 334 g/mol. The first-order chi connectivity index (χ1) is 12.2. The van der Waals surface area contributed by atoms with Crippen molar-refractivity contribution < 1.29 is 14.3 Å². The molecule has 0 saturated heterocycles. The van der Waals surface area contributed by atoms with E-state index in [9.17, 15) is 4.79 Å². The maximum Gasteiger partial charge on any atom is 0.185 e. The lowest BCUT2D eigenvalue weighted by molar-refractivity contribution is -0.112. The second-order valence-corrected chi connectivity index (χ2v) is 6.08. The van der Waals surface area contributed by atoms with Gasteiger partial charge in [0.1, 0.15) is 11.5 Å². The van der Waals surface area contributed by atoms with E-state index in [-0.39, 0.29) is 5.78 Å². The van der Waals surface area contributed by atoms with Crippen LogP contribution in [-0.2, 0) is 4.79 Å². The number of carbonyl (C=O) groups is 1. The molecule has 25 heavy (non-hydrogen) atoms. The van der Waals surface area contributed by atoms with Gasteiger partial charge in [0.05, 0.1) is 14.2 Å². The van der Waals surface area contributed by atoms with Gasteiger partial charge in [-0.1, -0.05) is 24.3 Å². The molecule has 0 radical (unpaired) electrons. The lowest BCUT2D eigenvalue weighted by atomic mass is 9.87. The first-order valence-corrected chi connectivity index (χ1v) is 8.43. The van der Waals surface area contributed by atoms with Gasteiger partial charge in [0.25, 0.3) is 0 Å². The molecule has 0 amide bonds. The highest BCUT2D eigenvalue weighted by Crippen LogP contribution is 2.29. The number of carbonyl (C=O) groups excluding carboxylic acids is 1. The monoisotopic (exact) mass is 334 g/mol. The Balaban J connectivity index is 1.87. The molecule has 1 fully saturated rings. The summed E-state index contributed by atoms with van der Waals surface area (Å²) >= 11 is 0. The van der Waals surface area contributed by atoms with Crippen LogP contribution in [0.5, 0.6) is 11.5 Å². The predicted octanol–water partition coefficient (Wildman–Crippen LogP) is 4.92. The fraction of sp³-hybridized carbons (Fsp3) is 0.227. The van der Waals surface area contributed by atoms with Gasteiger partial charge in [-0.05, 0) is 66.8 Å². The standard InChI is InChI=1S/C22H22O3/c1-24-20-10-3-6-16(14-20)12-18-8-5-9-19(22(18)23)13-17-7-4-11-21(15-17)25-2/h3-4,6-7,10-15H,5,8-9H2,1-2H3/b18-12+,19-13+. The molecule has 2 aromatic carbocycles. The molecule has 1 aliphatic carbocycles. The van der Waals surface area contributed by atoms with Gasteiger partial charge in [0, 0.05) is 11.1 Å².